The smallest absolute Gasteiger partial charge is 0.0946 e. The van der Waals surface area contributed by atoms with Crippen LogP contribution < -0.4 is 0 Å². The van der Waals surface area contributed by atoms with Crippen molar-refractivity contribution in [3.05, 3.63) is 89.5 Å². The zero-order chi connectivity index (χ0) is 15.2. The highest BCUT2D eigenvalue weighted by Crippen LogP contribution is 2.22. The van der Waals surface area contributed by atoms with Gasteiger partial charge in [0, 0.05) is 24.0 Å². The van der Waals surface area contributed by atoms with Crippen molar-refractivity contribution in [1.29, 1.82) is 0 Å². The maximum Gasteiger partial charge on any atom is 0.0946 e. The molecule has 0 saturated heterocycles. The van der Waals surface area contributed by atoms with E-state index in [0.29, 0.717) is 5.92 Å². The van der Waals surface area contributed by atoms with E-state index in [1.54, 1.807) is 0 Å². The summed E-state index contributed by atoms with van der Waals surface area (Å²) in [6.07, 6.45) is 7.72. The Bertz CT molecular complexity index is 692. The van der Waals surface area contributed by atoms with Crippen LogP contribution in [0.25, 0.3) is 0 Å². The van der Waals surface area contributed by atoms with Gasteiger partial charge in [-0.1, -0.05) is 60.1 Å². The molecule has 3 aromatic rings. The van der Waals surface area contributed by atoms with Crippen LogP contribution in [0.4, 0.5) is 0 Å². The van der Waals surface area contributed by atoms with E-state index < -0.39 is 0 Å². The lowest BCUT2D eigenvalue weighted by molar-refractivity contribution is 0.438. The van der Waals surface area contributed by atoms with Crippen LogP contribution in [-0.4, -0.2) is 9.55 Å². The fourth-order valence-electron chi connectivity index (χ4n) is 2.82. The fourth-order valence-corrected chi connectivity index (χ4v) is 3.03. The number of benzene rings is 2. The highest BCUT2D eigenvalue weighted by atomic mass is 35.5. The number of imidazole rings is 1. The van der Waals surface area contributed by atoms with Gasteiger partial charge in [-0.15, -0.1) is 0 Å². The SMILES string of the molecule is Clc1ccccc1CC(Cc1ccccc1)Cn1ccnc1. The highest BCUT2D eigenvalue weighted by molar-refractivity contribution is 6.31. The molecule has 1 aromatic heterocycles. The largest absolute Gasteiger partial charge is 0.337 e. The Balaban J connectivity index is 1.78. The monoisotopic (exact) mass is 310 g/mol. The van der Waals surface area contributed by atoms with E-state index in [-0.39, 0.29) is 0 Å². The number of halogens is 1. The van der Waals surface area contributed by atoms with Gasteiger partial charge >= 0.3 is 0 Å². The molecule has 3 rings (SSSR count). The molecule has 0 radical (unpaired) electrons. The molecule has 1 heterocycles. The third-order valence-electron chi connectivity index (χ3n) is 3.86. The van der Waals surface area contributed by atoms with Crippen LogP contribution >= 0.6 is 11.6 Å². The lowest BCUT2D eigenvalue weighted by Crippen LogP contribution is -2.15. The second-order valence-electron chi connectivity index (χ2n) is 5.61. The molecule has 0 bridgehead atoms. The zero-order valence-electron chi connectivity index (χ0n) is 12.4. The molecule has 1 unspecified atom stereocenters. The molecule has 0 aliphatic rings. The van der Waals surface area contributed by atoms with Gasteiger partial charge < -0.3 is 4.57 Å². The van der Waals surface area contributed by atoms with E-state index in [0.717, 1.165) is 24.4 Å². The molecule has 3 heteroatoms. The predicted molar refractivity (Wildman–Crippen MR) is 91.0 cm³/mol. The molecule has 22 heavy (non-hydrogen) atoms. The van der Waals surface area contributed by atoms with Crippen molar-refractivity contribution in [3.8, 4) is 0 Å². The van der Waals surface area contributed by atoms with Crippen molar-refractivity contribution in [2.24, 2.45) is 5.92 Å². The van der Waals surface area contributed by atoms with Gasteiger partial charge in [0.25, 0.3) is 0 Å². The molecule has 0 fully saturated rings. The molecular formula is C19H19ClN2. The summed E-state index contributed by atoms with van der Waals surface area (Å²) in [5, 5.41) is 0.853. The Morgan fingerprint density at radius 3 is 2.45 bits per heavy atom. The van der Waals surface area contributed by atoms with Crippen LogP contribution in [0, 0.1) is 5.92 Å². The number of nitrogens with zero attached hydrogens (tertiary/aromatic N) is 2. The summed E-state index contributed by atoms with van der Waals surface area (Å²) < 4.78 is 2.14. The third-order valence-corrected chi connectivity index (χ3v) is 4.23. The first-order valence-corrected chi connectivity index (χ1v) is 7.92. The topological polar surface area (TPSA) is 17.8 Å². The summed E-state index contributed by atoms with van der Waals surface area (Å²) >= 11 is 6.33. The Morgan fingerprint density at radius 1 is 0.955 bits per heavy atom. The molecule has 0 saturated carbocycles. The second kappa shape index (κ2) is 7.28. The van der Waals surface area contributed by atoms with Crippen molar-refractivity contribution in [2.45, 2.75) is 19.4 Å². The molecule has 0 amide bonds. The Hall–Kier alpha value is -2.06. The molecule has 0 aliphatic heterocycles. The molecule has 0 aliphatic carbocycles. The van der Waals surface area contributed by atoms with E-state index in [4.69, 9.17) is 11.6 Å². The summed E-state index contributed by atoms with van der Waals surface area (Å²) in [6, 6.07) is 18.7. The van der Waals surface area contributed by atoms with Crippen molar-refractivity contribution < 1.29 is 0 Å². The predicted octanol–water partition coefficient (Wildman–Crippen LogP) is 4.64. The van der Waals surface area contributed by atoms with E-state index in [2.05, 4.69) is 52.0 Å². The maximum atomic E-state index is 6.33. The molecule has 1 atom stereocenters. The van der Waals surface area contributed by atoms with Crippen LogP contribution in [0.15, 0.2) is 73.3 Å². The normalized spacial score (nSPS) is 12.2. The van der Waals surface area contributed by atoms with Crippen LogP contribution in [-0.2, 0) is 19.4 Å². The van der Waals surface area contributed by atoms with Gasteiger partial charge in [-0.05, 0) is 36.0 Å². The number of rotatable bonds is 6. The minimum absolute atomic E-state index is 0.483. The fraction of sp³-hybridized carbons (Fsp3) is 0.211. The average Bonchev–Trinajstić information content (AvgIpc) is 3.03. The molecule has 2 nitrogen and oxygen atoms in total. The van der Waals surface area contributed by atoms with Crippen molar-refractivity contribution in [3.63, 3.8) is 0 Å². The van der Waals surface area contributed by atoms with Crippen molar-refractivity contribution in [1.82, 2.24) is 9.55 Å². The summed E-state index contributed by atoms with van der Waals surface area (Å²) in [6.45, 7) is 0.945. The molecule has 0 N–H and O–H groups in total. The first kappa shape index (κ1) is 14.9. The minimum atomic E-state index is 0.483. The van der Waals surface area contributed by atoms with E-state index in [9.17, 15) is 0 Å². The second-order valence-corrected chi connectivity index (χ2v) is 6.02. The molecule has 2 aromatic carbocycles. The number of hydrogen-bond acceptors (Lipinski definition) is 1. The van der Waals surface area contributed by atoms with Crippen LogP contribution in [0.1, 0.15) is 11.1 Å². The van der Waals surface area contributed by atoms with Gasteiger partial charge in [-0.2, -0.15) is 0 Å². The van der Waals surface area contributed by atoms with Gasteiger partial charge in [0.1, 0.15) is 0 Å². The van der Waals surface area contributed by atoms with Crippen LogP contribution in [0.5, 0.6) is 0 Å². The summed E-state index contributed by atoms with van der Waals surface area (Å²) in [5.41, 5.74) is 2.57. The van der Waals surface area contributed by atoms with Crippen LogP contribution in [0.3, 0.4) is 0 Å². The summed E-state index contributed by atoms with van der Waals surface area (Å²) in [7, 11) is 0. The van der Waals surface area contributed by atoms with Crippen molar-refractivity contribution in [2.75, 3.05) is 0 Å². The molecule has 112 valence electrons. The first-order chi connectivity index (χ1) is 10.8. The lowest BCUT2D eigenvalue weighted by atomic mass is 9.92. The first-order valence-electron chi connectivity index (χ1n) is 7.54. The van der Waals surface area contributed by atoms with Crippen LogP contribution in [0.2, 0.25) is 5.02 Å². The van der Waals surface area contributed by atoms with Gasteiger partial charge in [0.2, 0.25) is 0 Å². The van der Waals surface area contributed by atoms with Gasteiger partial charge in [0.05, 0.1) is 6.33 Å². The van der Waals surface area contributed by atoms with Gasteiger partial charge in [-0.25, -0.2) is 4.98 Å². The highest BCUT2D eigenvalue weighted by Gasteiger charge is 2.13. The summed E-state index contributed by atoms with van der Waals surface area (Å²) in [5.74, 6) is 0.483. The Morgan fingerprint density at radius 2 is 1.73 bits per heavy atom. The maximum absolute atomic E-state index is 6.33. The number of hydrogen-bond donors (Lipinski definition) is 0. The summed E-state index contributed by atoms with van der Waals surface area (Å²) in [4.78, 5) is 4.14. The standard InChI is InChI=1S/C19H19ClN2/c20-19-9-5-4-8-18(19)13-17(14-22-11-10-21-15-22)12-16-6-2-1-3-7-16/h1-11,15,17H,12-14H2. The van der Waals surface area contributed by atoms with E-state index in [1.165, 1.54) is 11.1 Å². The van der Waals surface area contributed by atoms with Gasteiger partial charge in [0.15, 0.2) is 0 Å². The molecule has 0 spiro atoms. The van der Waals surface area contributed by atoms with Gasteiger partial charge in [-0.3, -0.25) is 0 Å². The average molecular weight is 311 g/mol. The third kappa shape index (κ3) is 3.99. The van der Waals surface area contributed by atoms with Crippen molar-refractivity contribution >= 4 is 11.6 Å². The van der Waals surface area contributed by atoms with E-state index in [1.807, 2.05) is 30.9 Å². The zero-order valence-corrected chi connectivity index (χ0v) is 13.2. The molecular weight excluding hydrogens is 292 g/mol. The van der Waals surface area contributed by atoms with E-state index >= 15 is 0 Å². The number of aromatic nitrogens is 2. The quantitative estimate of drug-likeness (QED) is 0.648. The Kier molecular flexibility index (Phi) is 4.92. The Labute approximate surface area is 136 Å². The minimum Gasteiger partial charge on any atom is -0.337 e. The lowest BCUT2D eigenvalue weighted by Gasteiger charge is -2.18.